The van der Waals surface area contributed by atoms with Crippen molar-refractivity contribution in [1.29, 1.82) is 0 Å². The topological polar surface area (TPSA) is 125 Å². The molecule has 0 aromatic rings. The van der Waals surface area contributed by atoms with Crippen molar-refractivity contribution < 1.29 is 29.0 Å². The molecule has 1 fully saturated rings. The summed E-state index contributed by atoms with van der Waals surface area (Å²) < 4.78 is 4.25. The van der Waals surface area contributed by atoms with Crippen LogP contribution in [0, 0.1) is 0 Å². The maximum Gasteiger partial charge on any atom is 0.415 e. The Labute approximate surface area is 123 Å². The van der Waals surface area contributed by atoms with E-state index in [9.17, 15) is 19.2 Å². The number of hydrogen-bond acceptors (Lipinski definition) is 6. The number of nitrogens with zero attached hydrogens (tertiary/aromatic N) is 1. The van der Waals surface area contributed by atoms with Gasteiger partial charge in [-0.25, -0.2) is 19.7 Å². The monoisotopic (exact) mass is 315 g/mol. The van der Waals surface area contributed by atoms with Gasteiger partial charge < -0.3 is 15.2 Å². The number of nitrogens with one attached hydrogen (secondary N) is 2. The molecule has 114 valence electrons. The number of carbonyl (C=O) groups excluding carboxylic acids is 3. The molecule has 2 aliphatic rings. The van der Waals surface area contributed by atoms with Gasteiger partial charge in [0.1, 0.15) is 5.70 Å². The molecule has 0 aromatic carbocycles. The fourth-order valence-electron chi connectivity index (χ4n) is 1.98. The lowest BCUT2D eigenvalue weighted by Crippen LogP contribution is -2.48. The molecule has 2 heterocycles. The number of amides is 4. The van der Waals surface area contributed by atoms with Gasteiger partial charge in [-0.1, -0.05) is 0 Å². The van der Waals surface area contributed by atoms with E-state index in [1.54, 1.807) is 0 Å². The molecule has 0 radical (unpaired) electrons. The second-order valence-corrected chi connectivity index (χ2v) is 5.51. The fourth-order valence-corrected chi connectivity index (χ4v) is 3.38. The molecule has 1 atom stereocenters. The van der Waals surface area contributed by atoms with E-state index in [1.165, 1.54) is 16.7 Å². The molecule has 0 spiro atoms. The quantitative estimate of drug-likeness (QED) is 0.626. The number of carboxylic acids is 1. The minimum atomic E-state index is -1.16. The lowest BCUT2D eigenvalue weighted by Gasteiger charge is -2.33. The molecule has 0 aliphatic carbocycles. The van der Waals surface area contributed by atoms with Gasteiger partial charge >= 0.3 is 18.1 Å². The van der Waals surface area contributed by atoms with Crippen LogP contribution in [0.5, 0.6) is 0 Å². The predicted octanol–water partition coefficient (Wildman–Crippen LogP) is 0.0435. The summed E-state index contributed by atoms with van der Waals surface area (Å²) >= 11 is 1.31. The van der Waals surface area contributed by atoms with E-state index in [-0.39, 0.29) is 29.9 Å². The van der Waals surface area contributed by atoms with Crippen molar-refractivity contribution in [1.82, 2.24) is 15.5 Å². The SMILES string of the molecule is COC(=O)NC(=O)NCCC1=C(C(=O)O)N2C(=O)C[C@@H]2S1. The first-order valence-electron chi connectivity index (χ1n) is 6.02. The predicted molar refractivity (Wildman–Crippen MR) is 71.1 cm³/mol. The van der Waals surface area contributed by atoms with Gasteiger partial charge in [-0.3, -0.25) is 9.69 Å². The van der Waals surface area contributed by atoms with Crippen molar-refractivity contribution in [2.75, 3.05) is 13.7 Å². The number of methoxy groups -OCH3 is 1. The Morgan fingerprint density at radius 1 is 1.48 bits per heavy atom. The molecule has 0 bridgehead atoms. The number of imide groups is 1. The van der Waals surface area contributed by atoms with E-state index < -0.39 is 18.1 Å². The lowest BCUT2D eigenvalue weighted by molar-refractivity contribution is -0.145. The molecule has 4 amide bonds. The normalized spacial score (nSPS) is 19.8. The second-order valence-electron chi connectivity index (χ2n) is 4.24. The van der Waals surface area contributed by atoms with Crippen molar-refractivity contribution in [3.63, 3.8) is 0 Å². The van der Waals surface area contributed by atoms with Crippen LogP contribution in [0.2, 0.25) is 0 Å². The van der Waals surface area contributed by atoms with Gasteiger partial charge in [0.2, 0.25) is 5.91 Å². The van der Waals surface area contributed by atoms with E-state index in [1.807, 2.05) is 5.32 Å². The fraction of sp³-hybridized carbons (Fsp3) is 0.455. The number of fused-ring (bicyclic) bond motifs is 1. The summed E-state index contributed by atoms with van der Waals surface area (Å²) in [5, 5.41) is 13.3. The zero-order valence-electron chi connectivity index (χ0n) is 11.0. The number of carboxylic acid groups (broad SMARTS) is 1. The maximum atomic E-state index is 11.4. The molecular weight excluding hydrogens is 302 g/mol. The first-order chi connectivity index (χ1) is 9.93. The average Bonchev–Trinajstić information content (AvgIpc) is 2.71. The number of thioether (sulfide) groups is 1. The minimum absolute atomic E-state index is 0.0172. The highest BCUT2D eigenvalue weighted by molar-refractivity contribution is 8.04. The second kappa shape index (κ2) is 6.04. The largest absolute Gasteiger partial charge is 0.477 e. The van der Waals surface area contributed by atoms with Crippen LogP contribution in [0.15, 0.2) is 10.6 Å². The molecule has 2 rings (SSSR count). The molecule has 1 saturated heterocycles. The van der Waals surface area contributed by atoms with Crippen LogP contribution in [0.4, 0.5) is 9.59 Å². The highest BCUT2D eigenvalue weighted by Crippen LogP contribution is 2.47. The Kier molecular flexibility index (Phi) is 4.36. The first kappa shape index (κ1) is 15.2. The van der Waals surface area contributed by atoms with Gasteiger partial charge in [-0.2, -0.15) is 0 Å². The molecule has 2 aliphatic heterocycles. The van der Waals surface area contributed by atoms with Gasteiger partial charge in [0, 0.05) is 11.4 Å². The summed E-state index contributed by atoms with van der Waals surface area (Å²) in [7, 11) is 1.13. The number of ether oxygens (including phenoxy) is 1. The van der Waals surface area contributed by atoms with Gasteiger partial charge in [-0.05, 0) is 6.42 Å². The molecule has 21 heavy (non-hydrogen) atoms. The van der Waals surface area contributed by atoms with E-state index >= 15 is 0 Å². The Morgan fingerprint density at radius 3 is 2.76 bits per heavy atom. The molecule has 0 unspecified atom stereocenters. The van der Waals surface area contributed by atoms with E-state index in [0.29, 0.717) is 11.3 Å². The van der Waals surface area contributed by atoms with Gasteiger partial charge in [0.15, 0.2) is 0 Å². The van der Waals surface area contributed by atoms with Gasteiger partial charge in [0.05, 0.1) is 18.9 Å². The Bertz CT molecular complexity index is 546. The summed E-state index contributed by atoms with van der Waals surface area (Å²) in [6, 6.07) is -0.735. The number of urea groups is 1. The molecule has 0 saturated carbocycles. The molecule has 9 nitrogen and oxygen atoms in total. The third kappa shape index (κ3) is 3.10. The Balaban J connectivity index is 1.88. The standard InChI is InChI=1S/C11H13N3O6S/c1-20-11(19)13-10(18)12-3-2-5-8(9(16)17)14-6(15)4-7(14)21-5/h7H,2-4H2,1H3,(H,16,17)(H2,12,13,18,19)/t7-/m0/s1. The number of β-lactam (4-membered cyclic amide) rings is 1. The van der Waals surface area contributed by atoms with E-state index in [0.717, 1.165) is 7.11 Å². The average molecular weight is 315 g/mol. The van der Waals surface area contributed by atoms with Crippen LogP contribution in [-0.2, 0) is 14.3 Å². The molecule has 3 N–H and O–H groups in total. The van der Waals surface area contributed by atoms with Crippen LogP contribution in [0.25, 0.3) is 0 Å². The summed E-state index contributed by atoms with van der Waals surface area (Å²) in [5.41, 5.74) is -0.0172. The molecule has 0 aromatic heterocycles. The molecule has 10 heteroatoms. The number of alkyl carbamates (subject to hydrolysis) is 1. The third-order valence-corrected chi connectivity index (χ3v) is 4.26. The zero-order valence-corrected chi connectivity index (χ0v) is 11.9. The summed E-state index contributed by atoms with van der Waals surface area (Å²) in [5.74, 6) is -1.37. The molecular formula is C11H13N3O6S. The van der Waals surface area contributed by atoms with Crippen LogP contribution in [0.1, 0.15) is 12.8 Å². The number of aliphatic carboxylic acids is 1. The number of hydrogen-bond donors (Lipinski definition) is 3. The van der Waals surface area contributed by atoms with Crippen LogP contribution >= 0.6 is 11.8 Å². The zero-order chi connectivity index (χ0) is 15.6. The number of rotatable bonds is 4. The van der Waals surface area contributed by atoms with Crippen molar-refractivity contribution in [2.24, 2.45) is 0 Å². The summed E-state index contributed by atoms with van der Waals surface area (Å²) in [6.07, 6.45) is -0.300. The van der Waals surface area contributed by atoms with Crippen molar-refractivity contribution >= 4 is 35.8 Å². The number of carbonyl (C=O) groups is 4. The summed E-state index contributed by atoms with van der Waals surface area (Å²) in [6.45, 7) is 0.136. The van der Waals surface area contributed by atoms with Crippen LogP contribution in [-0.4, -0.2) is 53.0 Å². The van der Waals surface area contributed by atoms with Crippen LogP contribution < -0.4 is 10.6 Å². The third-order valence-electron chi connectivity index (χ3n) is 2.93. The van der Waals surface area contributed by atoms with Crippen molar-refractivity contribution in [3.8, 4) is 0 Å². The first-order valence-corrected chi connectivity index (χ1v) is 6.90. The minimum Gasteiger partial charge on any atom is -0.477 e. The Morgan fingerprint density at radius 2 is 2.19 bits per heavy atom. The Hall–Kier alpha value is -2.23. The lowest BCUT2D eigenvalue weighted by atomic mass is 10.1. The van der Waals surface area contributed by atoms with E-state index in [4.69, 9.17) is 5.11 Å². The highest BCUT2D eigenvalue weighted by Gasteiger charge is 2.48. The van der Waals surface area contributed by atoms with Gasteiger partial charge in [0.25, 0.3) is 0 Å². The van der Waals surface area contributed by atoms with Crippen molar-refractivity contribution in [3.05, 3.63) is 10.6 Å². The van der Waals surface area contributed by atoms with Crippen molar-refractivity contribution in [2.45, 2.75) is 18.2 Å². The maximum absolute atomic E-state index is 11.4. The highest BCUT2D eigenvalue weighted by atomic mass is 32.2. The van der Waals surface area contributed by atoms with Crippen LogP contribution in [0.3, 0.4) is 0 Å². The summed E-state index contributed by atoms with van der Waals surface area (Å²) in [4.78, 5) is 46.4. The van der Waals surface area contributed by atoms with Gasteiger partial charge in [-0.15, -0.1) is 11.8 Å². The van der Waals surface area contributed by atoms with E-state index in [2.05, 4.69) is 10.1 Å². The smallest absolute Gasteiger partial charge is 0.415 e.